The van der Waals surface area contributed by atoms with Crippen molar-refractivity contribution in [1.29, 1.82) is 0 Å². The van der Waals surface area contributed by atoms with Crippen molar-refractivity contribution in [2.75, 3.05) is 10.6 Å². The number of anilines is 2. The fourth-order valence-electron chi connectivity index (χ4n) is 1.80. The van der Waals surface area contributed by atoms with Crippen molar-refractivity contribution in [2.45, 2.75) is 13.3 Å². The summed E-state index contributed by atoms with van der Waals surface area (Å²) in [6, 6.07) is 8.26. The number of amides is 2. The maximum absolute atomic E-state index is 13.4. The summed E-state index contributed by atoms with van der Waals surface area (Å²) >= 11 is 0. The van der Waals surface area contributed by atoms with Crippen molar-refractivity contribution in [1.82, 2.24) is 0 Å². The molecule has 8 heteroatoms. The van der Waals surface area contributed by atoms with E-state index in [0.29, 0.717) is 0 Å². The summed E-state index contributed by atoms with van der Waals surface area (Å²) in [4.78, 5) is 11.8. The lowest BCUT2D eigenvalue weighted by atomic mass is 10.2. The summed E-state index contributed by atoms with van der Waals surface area (Å²) in [7, 11) is 0. The number of benzene rings is 2. The van der Waals surface area contributed by atoms with Gasteiger partial charge in [-0.3, -0.25) is 0 Å². The molecule has 0 aliphatic rings. The topological polar surface area (TPSA) is 50.4 Å². The van der Waals surface area contributed by atoms with E-state index in [0.717, 1.165) is 12.1 Å². The van der Waals surface area contributed by atoms with E-state index in [4.69, 9.17) is 0 Å². The fourth-order valence-corrected chi connectivity index (χ4v) is 1.80. The van der Waals surface area contributed by atoms with Gasteiger partial charge in [-0.2, -0.15) is 0 Å². The van der Waals surface area contributed by atoms with Crippen LogP contribution >= 0.6 is 0 Å². The van der Waals surface area contributed by atoms with Crippen LogP contribution in [0.25, 0.3) is 0 Å². The van der Waals surface area contributed by atoms with Crippen LogP contribution in [0.2, 0.25) is 0 Å². The van der Waals surface area contributed by atoms with Gasteiger partial charge < -0.3 is 15.4 Å². The zero-order chi connectivity index (χ0) is 17.0. The molecule has 4 nitrogen and oxygen atoms in total. The lowest BCUT2D eigenvalue weighted by Gasteiger charge is -2.12. The summed E-state index contributed by atoms with van der Waals surface area (Å²) < 4.78 is 53.6. The molecular formula is C15H12F4N2O2. The Bertz CT molecular complexity index is 717. The molecule has 0 atom stereocenters. The number of urea groups is 1. The third-order valence-electron chi connectivity index (χ3n) is 2.84. The van der Waals surface area contributed by atoms with Gasteiger partial charge in [0.1, 0.15) is 11.6 Å². The molecule has 2 rings (SSSR count). The van der Waals surface area contributed by atoms with Crippen molar-refractivity contribution in [3.8, 4) is 5.75 Å². The van der Waals surface area contributed by atoms with Crippen molar-refractivity contribution >= 4 is 17.4 Å². The Morgan fingerprint density at radius 3 is 2.48 bits per heavy atom. The van der Waals surface area contributed by atoms with E-state index in [1.807, 2.05) is 0 Å². The minimum absolute atomic E-state index is 0.0957. The van der Waals surface area contributed by atoms with E-state index in [-0.39, 0.29) is 16.9 Å². The molecule has 2 N–H and O–H groups in total. The molecule has 2 aromatic rings. The molecule has 0 bridgehead atoms. The van der Waals surface area contributed by atoms with Crippen molar-refractivity contribution in [2.24, 2.45) is 0 Å². The maximum Gasteiger partial charge on any atom is 0.573 e. The normalized spacial score (nSPS) is 11.0. The van der Waals surface area contributed by atoms with Gasteiger partial charge in [-0.15, -0.1) is 13.2 Å². The molecule has 23 heavy (non-hydrogen) atoms. The summed E-state index contributed by atoms with van der Waals surface area (Å²) in [5, 5.41) is 4.76. The first kappa shape index (κ1) is 16.6. The van der Waals surface area contributed by atoms with Gasteiger partial charge in [0.25, 0.3) is 0 Å². The molecule has 0 fully saturated rings. The molecule has 122 valence electrons. The number of halogens is 4. The maximum atomic E-state index is 13.4. The highest BCUT2D eigenvalue weighted by Gasteiger charge is 2.31. The van der Waals surface area contributed by atoms with Crippen LogP contribution in [0.5, 0.6) is 5.75 Å². The van der Waals surface area contributed by atoms with Crippen molar-refractivity contribution in [3.63, 3.8) is 0 Å². The van der Waals surface area contributed by atoms with Gasteiger partial charge in [-0.25, -0.2) is 9.18 Å². The Morgan fingerprint density at radius 2 is 1.78 bits per heavy atom. The summed E-state index contributed by atoms with van der Waals surface area (Å²) in [5.41, 5.74) is 0.598. The van der Waals surface area contributed by atoms with Gasteiger partial charge in [-0.1, -0.05) is 12.1 Å². The van der Waals surface area contributed by atoms with E-state index in [1.165, 1.54) is 37.3 Å². The number of alkyl halides is 3. The van der Waals surface area contributed by atoms with Gasteiger partial charge in [0.05, 0.1) is 0 Å². The van der Waals surface area contributed by atoms with Crippen LogP contribution < -0.4 is 15.4 Å². The molecule has 2 amide bonds. The number of hydrogen-bond donors (Lipinski definition) is 2. The van der Waals surface area contributed by atoms with E-state index < -0.39 is 24.0 Å². The average molecular weight is 328 g/mol. The molecule has 0 aromatic heterocycles. The minimum Gasteiger partial charge on any atom is -0.406 e. The lowest BCUT2D eigenvalue weighted by Crippen LogP contribution is -2.20. The largest absolute Gasteiger partial charge is 0.573 e. The van der Waals surface area contributed by atoms with Gasteiger partial charge in [0.15, 0.2) is 0 Å². The van der Waals surface area contributed by atoms with Gasteiger partial charge in [0, 0.05) is 23.0 Å². The second-order valence-corrected chi connectivity index (χ2v) is 4.57. The number of nitrogens with one attached hydrogen (secondary N) is 2. The van der Waals surface area contributed by atoms with Crippen LogP contribution in [0.1, 0.15) is 5.56 Å². The Balaban J connectivity index is 2.06. The summed E-state index contributed by atoms with van der Waals surface area (Å²) in [5.74, 6) is -0.944. The smallest absolute Gasteiger partial charge is 0.406 e. The van der Waals surface area contributed by atoms with Crippen LogP contribution in [0, 0.1) is 12.7 Å². The first-order chi connectivity index (χ1) is 10.7. The average Bonchev–Trinajstić information content (AvgIpc) is 2.42. The first-order valence-corrected chi connectivity index (χ1v) is 6.43. The lowest BCUT2D eigenvalue weighted by molar-refractivity contribution is -0.274. The number of hydrogen-bond acceptors (Lipinski definition) is 2. The summed E-state index contributed by atoms with van der Waals surface area (Å²) in [6.07, 6.45) is -4.82. The molecule has 0 unspecified atom stereocenters. The third kappa shape index (κ3) is 4.87. The molecule has 0 saturated heterocycles. The van der Waals surface area contributed by atoms with E-state index in [2.05, 4.69) is 15.4 Å². The van der Waals surface area contributed by atoms with Crippen LogP contribution in [-0.2, 0) is 0 Å². The number of carbonyl (C=O) groups excluding carboxylic acids is 1. The third-order valence-corrected chi connectivity index (χ3v) is 2.84. The number of rotatable bonds is 3. The quantitative estimate of drug-likeness (QED) is 0.804. The molecule has 0 heterocycles. The Hall–Kier alpha value is -2.77. The summed E-state index contributed by atoms with van der Waals surface area (Å²) in [6.45, 7) is 1.49. The highest BCUT2D eigenvalue weighted by atomic mass is 19.4. The molecule has 0 spiro atoms. The Labute approximate surface area is 129 Å². The molecule has 0 saturated carbocycles. The van der Waals surface area contributed by atoms with Crippen molar-refractivity contribution < 1.29 is 27.1 Å². The highest BCUT2D eigenvalue weighted by molar-refractivity contribution is 6.00. The molecule has 0 aliphatic carbocycles. The van der Waals surface area contributed by atoms with Gasteiger partial charge in [-0.05, 0) is 31.2 Å². The zero-order valence-corrected chi connectivity index (χ0v) is 11.9. The predicted molar refractivity (Wildman–Crippen MR) is 76.9 cm³/mol. The minimum atomic E-state index is -4.82. The van der Waals surface area contributed by atoms with Crippen LogP contribution in [0.4, 0.5) is 33.7 Å². The van der Waals surface area contributed by atoms with Crippen LogP contribution in [0.3, 0.4) is 0 Å². The van der Waals surface area contributed by atoms with Crippen molar-refractivity contribution in [3.05, 3.63) is 53.8 Å². The fraction of sp³-hybridized carbons (Fsp3) is 0.133. The Kier molecular flexibility index (Phi) is 4.73. The van der Waals surface area contributed by atoms with E-state index in [1.54, 1.807) is 0 Å². The molecule has 0 aliphatic heterocycles. The first-order valence-electron chi connectivity index (χ1n) is 6.43. The zero-order valence-electron chi connectivity index (χ0n) is 11.9. The number of ether oxygens (including phenoxy) is 1. The van der Waals surface area contributed by atoms with Gasteiger partial charge in [0.2, 0.25) is 0 Å². The monoisotopic (exact) mass is 328 g/mol. The van der Waals surface area contributed by atoms with Gasteiger partial charge >= 0.3 is 12.4 Å². The highest BCUT2D eigenvalue weighted by Crippen LogP contribution is 2.25. The number of carbonyl (C=O) groups is 1. The standard InChI is InChI=1S/C15H12F4N2O2/c1-9-12(16)6-3-7-13(9)21-14(22)20-10-4-2-5-11(8-10)23-15(17,18)19/h2-8H,1H3,(H2,20,21,22). The van der Waals surface area contributed by atoms with Crippen LogP contribution in [-0.4, -0.2) is 12.4 Å². The van der Waals surface area contributed by atoms with Crippen LogP contribution in [0.15, 0.2) is 42.5 Å². The second-order valence-electron chi connectivity index (χ2n) is 4.57. The van der Waals surface area contributed by atoms with E-state index >= 15 is 0 Å². The molecule has 2 aromatic carbocycles. The predicted octanol–water partition coefficient (Wildman–Crippen LogP) is 4.68. The second kappa shape index (κ2) is 6.55. The van der Waals surface area contributed by atoms with E-state index in [9.17, 15) is 22.4 Å². The molecule has 0 radical (unpaired) electrons. The SMILES string of the molecule is Cc1c(F)cccc1NC(=O)Nc1cccc(OC(F)(F)F)c1. The molecular weight excluding hydrogens is 316 g/mol. The Morgan fingerprint density at radius 1 is 1.09 bits per heavy atom.